The number of benzene rings is 1. The van der Waals surface area contributed by atoms with Crippen molar-refractivity contribution in [1.82, 2.24) is 4.90 Å². The van der Waals surface area contributed by atoms with Crippen LogP contribution in [0.2, 0.25) is 0 Å². The molecule has 1 aliphatic carbocycles. The molecule has 0 spiro atoms. The summed E-state index contributed by atoms with van der Waals surface area (Å²) in [6.07, 6.45) is 3.27. The molecular weight excluding hydrogens is 248 g/mol. The van der Waals surface area contributed by atoms with Crippen LogP contribution >= 0.6 is 0 Å². The molecule has 2 aliphatic rings. The Labute approximate surface area is 121 Å². The van der Waals surface area contributed by atoms with Crippen molar-refractivity contribution in [2.75, 3.05) is 13.1 Å². The van der Waals surface area contributed by atoms with Crippen LogP contribution in [0.5, 0.6) is 0 Å². The Morgan fingerprint density at radius 3 is 2.80 bits per heavy atom. The highest BCUT2D eigenvalue weighted by Crippen LogP contribution is 2.48. The Bertz CT molecular complexity index is 471. The van der Waals surface area contributed by atoms with Gasteiger partial charge in [0.1, 0.15) is 0 Å². The Hall–Kier alpha value is -1.35. The lowest BCUT2D eigenvalue weighted by molar-refractivity contribution is -0.134. The van der Waals surface area contributed by atoms with Crippen LogP contribution in [0.15, 0.2) is 30.3 Å². The molecule has 0 aromatic heterocycles. The number of piperidine rings is 1. The van der Waals surface area contributed by atoms with Gasteiger partial charge in [-0.05, 0) is 43.6 Å². The summed E-state index contributed by atoms with van der Waals surface area (Å²) in [5.74, 6) is 1.48. The maximum absolute atomic E-state index is 12.6. The molecule has 4 unspecified atom stereocenters. The average Bonchev–Trinajstić information content (AvgIpc) is 3.28. The molecule has 1 aromatic rings. The Kier molecular flexibility index (Phi) is 3.79. The smallest absolute Gasteiger partial charge is 0.226 e. The molecule has 20 heavy (non-hydrogen) atoms. The van der Waals surface area contributed by atoms with Gasteiger partial charge in [0.15, 0.2) is 0 Å². The minimum absolute atomic E-state index is 0.190. The highest BCUT2D eigenvalue weighted by Gasteiger charge is 2.46. The van der Waals surface area contributed by atoms with E-state index in [0.29, 0.717) is 17.7 Å². The normalized spacial score (nSPS) is 30.9. The van der Waals surface area contributed by atoms with E-state index in [0.717, 1.165) is 32.4 Å². The van der Waals surface area contributed by atoms with Gasteiger partial charge in [0.05, 0.1) is 0 Å². The lowest BCUT2D eigenvalue weighted by Crippen LogP contribution is -2.45. The van der Waals surface area contributed by atoms with Crippen LogP contribution in [0.25, 0.3) is 0 Å². The maximum Gasteiger partial charge on any atom is 0.226 e. The van der Waals surface area contributed by atoms with Crippen LogP contribution in [0, 0.1) is 11.8 Å². The number of carbonyl (C=O) groups is 1. The number of hydrogen-bond donors (Lipinski definition) is 1. The first-order chi connectivity index (χ1) is 9.66. The van der Waals surface area contributed by atoms with E-state index in [2.05, 4.69) is 36.1 Å². The van der Waals surface area contributed by atoms with Gasteiger partial charge in [-0.1, -0.05) is 30.3 Å². The number of amides is 1. The summed E-state index contributed by atoms with van der Waals surface area (Å²) < 4.78 is 0. The van der Waals surface area contributed by atoms with Crippen LogP contribution in [-0.4, -0.2) is 29.9 Å². The van der Waals surface area contributed by atoms with E-state index in [1.54, 1.807) is 0 Å². The predicted octanol–water partition coefficient (Wildman–Crippen LogP) is 2.38. The van der Waals surface area contributed by atoms with E-state index in [-0.39, 0.29) is 12.0 Å². The summed E-state index contributed by atoms with van der Waals surface area (Å²) in [7, 11) is 0. The highest BCUT2D eigenvalue weighted by molar-refractivity contribution is 5.83. The van der Waals surface area contributed by atoms with Crippen LogP contribution in [0.3, 0.4) is 0 Å². The van der Waals surface area contributed by atoms with E-state index < -0.39 is 0 Å². The molecule has 3 rings (SSSR count). The highest BCUT2D eigenvalue weighted by atomic mass is 16.2. The quantitative estimate of drug-likeness (QED) is 0.918. The third kappa shape index (κ3) is 2.73. The third-order valence-electron chi connectivity index (χ3n) is 4.85. The Morgan fingerprint density at radius 2 is 2.10 bits per heavy atom. The molecule has 1 saturated carbocycles. The molecule has 1 heterocycles. The first kappa shape index (κ1) is 13.6. The van der Waals surface area contributed by atoms with Gasteiger partial charge in [0.25, 0.3) is 0 Å². The Balaban J connectivity index is 1.60. The number of rotatable bonds is 3. The van der Waals surface area contributed by atoms with E-state index in [9.17, 15) is 4.79 Å². The van der Waals surface area contributed by atoms with Gasteiger partial charge in [-0.3, -0.25) is 4.79 Å². The minimum atomic E-state index is 0.190. The van der Waals surface area contributed by atoms with E-state index in [1.807, 2.05) is 6.07 Å². The fourth-order valence-electron chi connectivity index (χ4n) is 3.41. The fourth-order valence-corrected chi connectivity index (χ4v) is 3.41. The topological polar surface area (TPSA) is 46.3 Å². The fraction of sp³-hybridized carbons (Fsp3) is 0.588. The van der Waals surface area contributed by atoms with Gasteiger partial charge in [-0.25, -0.2) is 0 Å². The standard InChI is InChI=1S/C17H24N2O/c1-12(18)14-8-5-9-19(11-14)17(20)16-10-15(16)13-6-3-2-4-7-13/h2-4,6-7,12,14-16H,5,8-11,18H2,1H3. The molecular formula is C17H24N2O. The second kappa shape index (κ2) is 5.57. The van der Waals surface area contributed by atoms with Crippen molar-refractivity contribution in [3.05, 3.63) is 35.9 Å². The average molecular weight is 272 g/mol. The molecule has 1 aromatic carbocycles. The first-order valence-corrected chi connectivity index (χ1v) is 7.76. The maximum atomic E-state index is 12.6. The molecule has 0 radical (unpaired) electrons. The molecule has 1 amide bonds. The van der Waals surface area contributed by atoms with Crippen LogP contribution in [0.1, 0.15) is 37.7 Å². The van der Waals surface area contributed by atoms with Gasteiger partial charge in [-0.2, -0.15) is 0 Å². The van der Waals surface area contributed by atoms with Crippen LogP contribution in [0.4, 0.5) is 0 Å². The minimum Gasteiger partial charge on any atom is -0.342 e. The summed E-state index contributed by atoms with van der Waals surface area (Å²) in [6.45, 7) is 3.83. The molecule has 2 N–H and O–H groups in total. The Morgan fingerprint density at radius 1 is 1.35 bits per heavy atom. The van der Waals surface area contributed by atoms with E-state index in [1.165, 1.54) is 5.56 Å². The zero-order chi connectivity index (χ0) is 14.1. The SMILES string of the molecule is CC(N)C1CCCN(C(=O)C2CC2c2ccccc2)C1. The van der Waals surface area contributed by atoms with Gasteiger partial charge in [-0.15, -0.1) is 0 Å². The molecule has 1 saturated heterocycles. The lowest BCUT2D eigenvalue weighted by Gasteiger charge is -2.34. The largest absolute Gasteiger partial charge is 0.342 e. The monoisotopic (exact) mass is 272 g/mol. The lowest BCUT2D eigenvalue weighted by atomic mass is 9.92. The van der Waals surface area contributed by atoms with E-state index in [4.69, 9.17) is 5.73 Å². The van der Waals surface area contributed by atoms with Crippen molar-refractivity contribution in [1.29, 1.82) is 0 Å². The zero-order valence-corrected chi connectivity index (χ0v) is 12.2. The van der Waals surface area contributed by atoms with Crippen LogP contribution < -0.4 is 5.73 Å². The molecule has 0 bridgehead atoms. The molecule has 2 fully saturated rings. The summed E-state index contributed by atoms with van der Waals surface area (Å²) in [5, 5.41) is 0. The van der Waals surface area contributed by atoms with Gasteiger partial charge < -0.3 is 10.6 Å². The number of hydrogen-bond acceptors (Lipinski definition) is 2. The first-order valence-electron chi connectivity index (χ1n) is 7.76. The van der Waals surface area contributed by atoms with Gasteiger partial charge >= 0.3 is 0 Å². The molecule has 1 aliphatic heterocycles. The van der Waals surface area contributed by atoms with Crippen molar-refractivity contribution in [2.24, 2.45) is 17.6 Å². The van der Waals surface area contributed by atoms with Crippen molar-refractivity contribution in [2.45, 2.75) is 38.1 Å². The third-order valence-corrected chi connectivity index (χ3v) is 4.85. The van der Waals surface area contributed by atoms with Crippen LogP contribution in [-0.2, 0) is 4.79 Å². The number of nitrogens with zero attached hydrogens (tertiary/aromatic N) is 1. The molecule has 3 heteroatoms. The van der Waals surface area contributed by atoms with Crippen molar-refractivity contribution in [3.63, 3.8) is 0 Å². The van der Waals surface area contributed by atoms with E-state index >= 15 is 0 Å². The van der Waals surface area contributed by atoms with Crippen molar-refractivity contribution >= 4 is 5.91 Å². The number of likely N-dealkylation sites (tertiary alicyclic amines) is 1. The molecule has 4 atom stereocenters. The van der Waals surface area contributed by atoms with Gasteiger partial charge in [0, 0.05) is 25.0 Å². The molecule has 3 nitrogen and oxygen atoms in total. The zero-order valence-electron chi connectivity index (χ0n) is 12.2. The number of carbonyl (C=O) groups excluding carboxylic acids is 1. The van der Waals surface area contributed by atoms with Crippen molar-refractivity contribution in [3.8, 4) is 0 Å². The summed E-state index contributed by atoms with van der Waals surface area (Å²) in [6, 6.07) is 10.6. The second-order valence-corrected chi connectivity index (χ2v) is 6.41. The predicted molar refractivity (Wildman–Crippen MR) is 80.2 cm³/mol. The summed E-state index contributed by atoms with van der Waals surface area (Å²) in [4.78, 5) is 14.7. The molecule has 108 valence electrons. The number of nitrogens with two attached hydrogens (primary N) is 1. The summed E-state index contributed by atoms with van der Waals surface area (Å²) >= 11 is 0. The second-order valence-electron chi connectivity index (χ2n) is 6.41. The summed E-state index contributed by atoms with van der Waals surface area (Å²) in [5.41, 5.74) is 7.31. The van der Waals surface area contributed by atoms with Crippen molar-refractivity contribution < 1.29 is 4.79 Å². The van der Waals surface area contributed by atoms with Gasteiger partial charge in [0.2, 0.25) is 5.91 Å².